The summed E-state index contributed by atoms with van der Waals surface area (Å²) >= 11 is 7.63. The van der Waals surface area contributed by atoms with Crippen molar-refractivity contribution in [2.24, 2.45) is 10.1 Å². The predicted octanol–water partition coefficient (Wildman–Crippen LogP) is 5.37. The number of hydrogen-bond donors (Lipinski definition) is 0. The molecular weight excluding hydrogens is 442 g/mol. The Balaban J connectivity index is 1.56. The lowest BCUT2D eigenvalue weighted by Gasteiger charge is -2.27. The Morgan fingerprint density at radius 1 is 1.06 bits per heavy atom. The van der Waals surface area contributed by atoms with Crippen molar-refractivity contribution in [1.82, 2.24) is 14.8 Å². The van der Waals surface area contributed by atoms with Crippen LogP contribution in [0.2, 0.25) is 5.02 Å². The minimum absolute atomic E-state index is 0.00975. The van der Waals surface area contributed by atoms with Crippen molar-refractivity contribution < 1.29 is 4.79 Å². The largest absolute Gasteiger partial charge is 0.323 e. The van der Waals surface area contributed by atoms with Gasteiger partial charge in [-0.05, 0) is 43.2 Å². The molecule has 0 saturated carbocycles. The van der Waals surface area contributed by atoms with Crippen LogP contribution in [0, 0.1) is 0 Å². The molecule has 2 aromatic carbocycles. The molecule has 0 spiro atoms. The Bertz CT molecular complexity index is 1020. The fourth-order valence-corrected chi connectivity index (χ4v) is 4.90. The van der Waals surface area contributed by atoms with Gasteiger partial charge in [-0.15, -0.1) is 0 Å². The van der Waals surface area contributed by atoms with Crippen LogP contribution in [0.1, 0.15) is 25.0 Å². The molecule has 2 heterocycles. The van der Waals surface area contributed by atoms with E-state index in [1.165, 1.54) is 0 Å². The molecule has 0 bridgehead atoms. The van der Waals surface area contributed by atoms with E-state index in [0.29, 0.717) is 13.1 Å². The first kappa shape index (κ1) is 22.4. The van der Waals surface area contributed by atoms with E-state index in [1.54, 1.807) is 18.0 Å². The molecule has 6 nitrogen and oxygen atoms in total. The molecule has 0 aromatic heterocycles. The minimum Gasteiger partial charge on any atom is -0.299 e. The number of hydrazone groups is 1. The van der Waals surface area contributed by atoms with Crippen LogP contribution in [0.15, 0.2) is 70.8 Å². The molecule has 1 saturated heterocycles. The van der Waals surface area contributed by atoms with Crippen molar-refractivity contribution >= 4 is 46.9 Å². The molecular formula is C24H26ClN5OS. The van der Waals surface area contributed by atoms with Crippen LogP contribution in [0.5, 0.6) is 0 Å². The van der Waals surface area contributed by atoms with Crippen LogP contribution in [-0.2, 0) is 5.75 Å². The number of likely N-dealkylation sites (N-methyl/N-ethyl adjacent to an activating group) is 2. The zero-order valence-electron chi connectivity index (χ0n) is 18.1. The van der Waals surface area contributed by atoms with Crippen molar-refractivity contribution in [1.29, 1.82) is 0 Å². The van der Waals surface area contributed by atoms with Crippen molar-refractivity contribution in [3.8, 4) is 0 Å². The third-order valence-corrected chi connectivity index (χ3v) is 6.69. The number of benzene rings is 2. The highest BCUT2D eigenvalue weighted by Crippen LogP contribution is 2.35. The van der Waals surface area contributed by atoms with Gasteiger partial charge in [0.2, 0.25) is 0 Å². The molecule has 2 aliphatic heterocycles. The van der Waals surface area contributed by atoms with Gasteiger partial charge in [-0.3, -0.25) is 9.80 Å². The second-order valence-corrected chi connectivity index (χ2v) is 8.77. The summed E-state index contributed by atoms with van der Waals surface area (Å²) in [6.07, 6.45) is 5.19. The number of fused-ring (bicyclic) bond motifs is 1. The number of halogens is 1. The van der Waals surface area contributed by atoms with Crippen LogP contribution < -0.4 is 0 Å². The third-order valence-electron chi connectivity index (χ3n) is 5.41. The maximum Gasteiger partial charge on any atom is 0.323 e. The topological polar surface area (TPSA) is 51.5 Å². The van der Waals surface area contributed by atoms with E-state index in [1.807, 2.05) is 95.4 Å². The summed E-state index contributed by atoms with van der Waals surface area (Å²) in [7, 11) is 0. The van der Waals surface area contributed by atoms with Crippen molar-refractivity contribution in [3.05, 3.63) is 76.8 Å². The second kappa shape index (κ2) is 10.2. The van der Waals surface area contributed by atoms with Gasteiger partial charge in [0.1, 0.15) is 0 Å². The fraction of sp³-hybridized carbons (Fsp3) is 0.292. The van der Waals surface area contributed by atoms with Gasteiger partial charge in [0.15, 0.2) is 17.5 Å². The number of amidine groups is 1. The van der Waals surface area contributed by atoms with Crippen LogP contribution in [-0.4, -0.2) is 57.6 Å². The normalized spacial score (nSPS) is 20.7. The van der Waals surface area contributed by atoms with Gasteiger partial charge in [0.25, 0.3) is 0 Å². The number of aliphatic imine (C=N–C) groups is 1. The highest BCUT2D eigenvalue weighted by molar-refractivity contribution is 8.13. The lowest BCUT2D eigenvalue weighted by Crippen LogP contribution is -2.45. The number of thioether (sulfide) groups is 1. The van der Waals surface area contributed by atoms with Gasteiger partial charge >= 0.3 is 6.03 Å². The van der Waals surface area contributed by atoms with Gasteiger partial charge < -0.3 is 0 Å². The molecule has 1 fully saturated rings. The van der Waals surface area contributed by atoms with Crippen molar-refractivity contribution in [2.75, 3.05) is 13.1 Å². The molecule has 2 unspecified atom stereocenters. The van der Waals surface area contributed by atoms with E-state index in [2.05, 4.69) is 0 Å². The molecule has 2 aromatic rings. The van der Waals surface area contributed by atoms with E-state index < -0.39 is 0 Å². The summed E-state index contributed by atoms with van der Waals surface area (Å²) in [6, 6.07) is 17.9. The zero-order valence-corrected chi connectivity index (χ0v) is 19.7. The van der Waals surface area contributed by atoms with E-state index >= 15 is 0 Å². The Labute approximate surface area is 198 Å². The maximum absolute atomic E-state index is 12.8. The quantitative estimate of drug-likeness (QED) is 0.514. The molecule has 2 amide bonds. The number of carbonyl (C=O) groups is 1. The van der Waals surface area contributed by atoms with Gasteiger partial charge in [-0.25, -0.2) is 14.8 Å². The van der Waals surface area contributed by atoms with Gasteiger partial charge in [0.05, 0.1) is 0 Å². The van der Waals surface area contributed by atoms with E-state index in [4.69, 9.17) is 21.7 Å². The summed E-state index contributed by atoms with van der Waals surface area (Å²) in [5.41, 5.74) is 2.26. The molecule has 0 radical (unpaired) electrons. The number of hydrogen-bond acceptors (Lipinski definition) is 5. The van der Waals surface area contributed by atoms with Gasteiger partial charge in [-0.1, -0.05) is 71.9 Å². The number of nitrogens with zero attached hydrogens (tertiary/aromatic N) is 5. The maximum atomic E-state index is 12.8. The highest BCUT2D eigenvalue weighted by atomic mass is 35.5. The van der Waals surface area contributed by atoms with Crippen LogP contribution in [0.25, 0.3) is 6.08 Å². The number of carbonyl (C=O) groups excluding carboxylic acids is 1. The highest BCUT2D eigenvalue weighted by Gasteiger charge is 2.52. The summed E-state index contributed by atoms with van der Waals surface area (Å²) < 4.78 is 0. The fourth-order valence-electron chi connectivity index (χ4n) is 3.82. The van der Waals surface area contributed by atoms with Gasteiger partial charge in [-0.2, -0.15) is 5.10 Å². The molecule has 32 heavy (non-hydrogen) atoms. The predicted molar refractivity (Wildman–Crippen MR) is 134 cm³/mol. The number of rotatable bonds is 7. The zero-order chi connectivity index (χ0) is 22.5. The van der Waals surface area contributed by atoms with Gasteiger partial charge in [0, 0.05) is 30.1 Å². The molecule has 4 rings (SSSR count). The monoisotopic (exact) mass is 467 g/mol. The number of amides is 2. The average molecular weight is 468 g/mol. The summed E-state index contributed by atoms with van der Waals surface area (Å²) in [5, 5.41) is 8.13. The Morgan fingerprint density at radius 3 is 2.47 bits per heavy atom. The second-order valence-electron chi connectivity index (χ2n) is 7.39. The summed E-state index contributed by atoms with van der Waals surface area (Å²) in [5.74, 6) is 0.744. The lowest BCUT2D eigenvalue weighted by atomic mass is 10.2. The third kappa shape index (κ3) is 4.69. The first-order valence-electron chi connectivity index (χ1n) is 10.7. The summed E-state index contributed by atoms with van der Waals surface area (Å²) in [6.45, 7) is 5.19. The summed E-state index contributed by atoms with van der Waals surface area (Å²) in [4.78, 5) is 21.4. The van der Waals surface area contributed by atoms with Crippen LogP contribution in [0.4, 0.5) is 4.79 Å². The lowest BCUT2D eigenvalue weighted by molar-refractivity contribution is 0.155. The standard InChI is InChI=1S/C24H26ClN5OS/c1-3-28-21-22(29(4-2)24(28)31)30(26-16-8-11-18-9-6-5-7-10-18)23(27-21)32-17-19-12-14-20(25)15-13-19/h5-16,21-22H,3-4,17H2,1-2H3/b11-8+,26-16+. The Morgan fingerprint density at radius 2 is 1.78 bits per heavy atom. The molecule has 0 aliphatic carbocycles. The first-order valence-corrected chi connectivity index (χ1v) is 12.1. The molecule has 166 valence electrons. The average Bonchev–Trinajstić information content (AvgIpc) is 3.29. The molecule has 0 N–H and O–H groups in total. The minimum atomic E-state index is -0.254. The van der Waals surface area contributed by atoms with E-state index in [-0.39, 0.29) is 18.4 Å². The van der Waals surface area contributed by atoms with E-state index in [9.17, 15) is 4.79 Å². The smallest absolute Gasteiger partial charge is 0.299 e. The molecule has 2 aliphatic rings. The first-order chi connectivity index (χ1) is 15.6. The van der Waals surface area contributed by atoms with Crippen molar-refractivity contribution in [3.63, 3.8) is 0 Å². The number of urea groups is 1. The molecule has 2 atom stereocenters. The van der Waals surface area contributed by atoms with Crippen molar-refractivity contribution in [2.45, 2.75) is 31.9 Å². The van der Waals surface area contributed by atoms with Crippen LogP contribution >= 0.6 is 23.4 Å². The Hall–Kier alpha value is -2.77. The van der Waals surface area contributed by atoms with Crippen LogP contribution in [0.3, 0.4) is 0 Å². The van der Waals surface area contributed by atoms with E-state index in [0.717, 1.165) is 27.1 Å². The SMILES string of the molecule is CCN1C(=O)N(CC)C2C1N=C(SCc1ccc(Cl)cc1)N2/N=C/C=C/c1ccccc1. The Kier molecular flexibility index (Phi) is 7.17. The number of allylic oxidation sites excluding steroid dienone is 1. The molecule has 8 heteroatoms.